The highest BCUT2D eigenvalue weighted by atomic mass is 35.5. The molecule has 7 heteroatoms. The summed E-state index contributed by atoms with van der Waals surface area (Å²) in [7, 11) is 0. The van der Waals surface area contributed by atoms with Gasteiger partial charge in [-0.3, -0.25) is 9.69 Å². The number of hydrogen-bond donors (Lipinski definition) is 2. The molecule has 1 aliphatic rings. The van der Waals surface area contributed by atoms with Gasteiger partial charge in [0.2, 0.25) is 11.9 Å². The summed E-state index contributed by atoms with van der Waals surface area (Å²) in [5, 5.41) is 0. The Hall–Kier alpha value is -1.56. The molecule has 86 valence electrons. The Balaban J connectivity index is 2.27. The summed E-state index contributed by atoms with van der Waals surface area (Å²) in [4.78, 5) is 21.0. The van der Waals surface area contributed by atoms with Gasteiger partial charge in [-0.1, -0.05) is 0 Å². The van der Waals surface area contributed by atoms with Crippen molar-refractivity contribution in [2.75, 3.05) is 28.8 Å². The van der Waals surface area contributed by atoms with Crippen molar-refractivity contribution >= 4 is 35.1 Å². The van der Waals surface area contributed by atoms with Crippen molar-refractivity contribution in [1.82, 2.24) is 9.97 Å². The van der Waals surface area contributed by atoms with Gasteiger partial charge >= 0.3 is 0 Å². The first kappa shape index (κ1) is 10.9. The smallest absolute Gasteiger partial charge is 0.228 e. The molecule has 0 saturated carbocycles. The van der Waals surface area contributed by atoms with E-state index in [0.29, 0.717) is 24.7 Å². The number of amides is 1. The number of alkyl halides is 1. The summed E-state index contributed by atoms with van der Waals surface area (Å²) in [6, 6.07) is 1.53. The molecular weight excluding hydrogens is 230 g/mol. The number of anilines is 3. The van der Waals surface area contributed by atoms with Gasteiger partial charge in [0.15, 0.2) is 0 Å². The number of nitrogens with zero attached hydrogens (tertiary/aromatic N) is 3. The molecule has 16 heavy (non-hydrogen) atoms. The lowest BCUT2D eigenvalue weighted by Crippen LogP contribution is -2.26. The van der Waals surface area contributed by atoms with Gasteiger partial charge in [-0.25, -0.2) is 0 Å². The third-order valence-electron chi connectivity index (χ3n) is 2.45. The standard InChI is InChI=1S/C9H12ClN5O/c10-3-5-1-8(16)15(4-5)7-2-6(11)13-9(12)14-7/h2,5H,1,3-4H2,(H4,11,12,13,14). The van der Waals surface area contributed by atoms with Gasteiger partial charge in [-0.15, -0.1) is 11.6 Å². The van der Waals surface area contributed by atoms with E-state index in [4.69, 9.17) is 23.1 Å². The van der Waals surface area contributed by atoms with Gasteiger partial charge in [-0.05, 0) is 5.92 Å². The SMILES string of the molecule is Nc1cc(N2CC(CCl)CC2=O)nc(N)n1. The minimum atomic E-state index is -0.0110. The van der Waals surface area contributed by atoms with E-state index in [1.807, 2.05) is 0 Å². The van der Waals surface area contributed by atoms with E-state index in [0.717, 1.165) is 0 Å². The molecule has 1 amide bonds. The second-order valence-corrected chi connectivity index (χ2v) is 4.05. The Bertz CT molecular complexity index is 404. The van der Waals surface area contributed by atoms with E-state index in [1.54, 1.807) is 4.90 Å². The van der Waals surface area contributed by atoms with Gasteiger partial charge in [0, 0.05) is 24.9 Å². The van der Waals surface area contributed by atoms with Gasteiger partial charge in [0.1, 0.15) is 11.6 Å². The minimum absolute atomic E-state index is 0.0110. The Morgan fingerprint density at radius 3 is 2.81 bits per heavy atom. The molecule has 0 radical (unpaired) electrons. The molecule has 1 aromatic heterocycles. The molecule has 4 N–H and O–H groups in total. The van der Waals surface area contributed by atoms with Crippen molar-refractivity contribution in [1.29, 1.82) is 0 Å². The fraction of sp³-hybridized carbons (Fsp3) is 0.444. The van der Waals surface area contributed by atoms with Crippen molar-refractivity contribution in [2.24, 2.45) is 5.92 Å². The van der Waals surface area contributed by atoms with Crippen molar-refractivity contribution in [3.8, 4) is 0 Å². The summed E-state index contributed by atoms with van der Waals surface area (Å²) in [6.07, 6.45) is 0.438. The van der Waals surface area contributed by atoms with Crippen LogP contribution in [0.2, 0.25) is 0 Å². The molecule has 1 unspecified atom stereocenters. The fourth-order valence-corrected chi connectivity index (χ4v) is 1.92. The number of halogens is 1. The Kier molecular flexibility index (Phi) is 2.82. The first-order valence-electron chi connectivity index (χ1n) is 4.86. The van der Waals surface area contributed by atoms with Crippen LogP contribution < -0.4 is 16.4 Å². The highest BCUT2D eigenvalue weighted by molar-refractivity contribution is 6.18. The molecule has 0 aliphatic carbocycles. The molecule has 1 aliphatic heterocycles. The summed E-state index contributed by atoms with van der Waals surface area (Å²) >= 11 is 5.73. The zero-order chi connectivity index (χ0) is 11.7. The van der Waals surface area contributed by atoms with Crippen LogP contribution >= 0.6 is 11.6 Å². The van der Waals surface area contributed by atoms with Crippen LogP contribution in [0.4, 0.5) is 17.6 Å². The number of nitrogens with two attached hydrogens (primary N) is 2. The maximum Gasteiger partial charge on any atom is 0.228 e. The number of carbonyl (C=O) groups excluding carboxylic acids is 1. The zero-order valence-corrected chi connectivity index (χ0v) is 9.31. The lowest BCUT2D eigenvalue weighted by molar-refractivity contribution is -0.117. The number of rotatable bonds is 2. The average molecular weight is 242 g/mol. The molecule has 0 spiro atoms. The van der Waals surface area contributed by atoms with Crippen LogP contribution in [0.3, 0.4) is 0 Å². The second-order valence-electron chi connectivity index (χ2n) is 3.74. The normalized spacial score (nSPS) is 20.4. The molecular formula is C9H12ClN5O. The van der Waals surface area contributed by atoms with E-state index >= 15 is 0 Å². The monoisotopic (exact) mass is 241 g/mol. The van der Waals surface area contributed by atoms with Gasteiger partial charge in [-0.2, -0.15) is 9.97 Å². The Morgan fingerprint density at radius 2 is 2.25 bits per heavy atom. The van der Waals surface area contributed by atoms with E-state index in [9.17, 15) is 4.79 Å². The van der Waals surface area contributed by atoms with Crippen molar-refractivity contribution in [2.45, 2.75) is 6.42 Å². The quantitative estimate of drug-likeness (QED) is 0.723. The van der Waals surface area contributed by atoms with Crippen LogP contribution in [0, 0.1) is 5.92 Å². The lowest BCUT2D eigenvalue weighted by atomic mass is 10.1. The predicted octanol–water partition coefficient (Wildman–Crippen LogP) is 0.233. The number of nitrogen functional groups attached to an aromatic ring is 2. The number of aromatic nitrogens is 2. The van der Waals surface area contributed by atoms with Gasteiger partial charge in [0.05, 0.1) is 0 Å². The molecule has 0 aromatic carbocycles. The third-order valence-corrected chi connectivity index (χ3v) is 2.89. The van der Waals surface area contributed by atoms with Crippen LogP contribution in [-0.4, -0.2) is 28.3 Å². The fourth-order valence-electron chi connectivity index (χ4n) is 1.72. The third kappa shape index (κ3) is 2.01. The first-order chi connectivity index (χ1) is 7.60. The predicted molar refractivity (Wildman–Crippen MR) is 62.0 cm³/mol. The Morgan fingerprint density at radius 1 is 1.50 bits per heavy atom. The van der Waals surface area contributed by atoms with Crippen LogP contribution in [-0.2, 0) is 4.79 Å². The van der Waals surface area contributed by atoms with E-state index in [2.05, 4.69) is 9.97 Å². The summed E-state index contributed by atoms with van der Waals surface area (Å²) < 4.78 is 0. The van der Waals surface area contributed by atoms with Crippen molar-refractivity contribution in [3.05, 3.63) is 6.07 Å². The molecule has 2 heterocycles. The molecule has 0 bridgehead atoms. The molecule has 1 fully saturated rings. The van der Waals surface area contributed by atoms with Crippen LogP contribution in [0.15, 0.2) is 6.07 Å². The first-order valence-corrected chi connectivity index (χ1v) is 5.40. The average Bonchev–Trinajstić information content (AvgIpc) is 2.58. The summed E-state index contributed by atoms with van der Waals surface area (Å²) in [5.74, 6) is 1.37. The molecule has 6 nitrogen and oxygen atoms in total. The highest BCUT2D eigenvalue weighted by Gasteiger charge is 2.31. The van der Waals surface area contributed by atoms with Gasteiger partial charge in [0.25, 0.3) is 0 Å². The van der Waals surface area contributed by atoms with Gasteiger partial charge < -0.3 is 11.5 Å². The molecule has 2 rings (SSSR count). The second kappa shape index (κ2) is 4.13. The summed E-state index contributed by atoms with van der Waals surface area (Å²) in [6.45, 7) is 0.554. The van der Waals surface area contributed by atoms with Crippen molar-refractivity contribution in [3.63, 3.8) is 0 Å². The van der Waals surface area contributed by atoms with Crippen LogP contribution in [0.25, 0.3) is 0 Å². The van der Waals surface area contributed by atoms with Crippen LogP contribution in [0.1, 0.15) is 6.42 Å². The maximum atomic E-state index is 11.7. The number of hydrogen-bond acceptors (Lipinski definition) is 5. The van der Waals surface area contributed by atoms with E-state index in [-0.39, 0.29) is 23.6 Å². The largest absolute Gasteiger partial charge is 0.383 e. The van der Waals surface area contributed by atoms with E-state index < -0.39 is 0 Å². The minimum Gasteiger partial charge on any atom is -0.383 e. The highest BCUT2D eigenvalue weighted by Crippen LogP contribution is 2.25. The van der Waals surface area contributed by atoms with E-state index in [1.165, 1.54) is 6.07 Å². The van der Waals surface area contributed by atoms with Crippen molar-refractivity contribution < 1.29 is 4.79 Å². The molecule has 1 atom stereocenters. The molecule has 1 saturated heterocycles. The number of carbonyl (C=O) groups is 1. The Labute approximate surface area is 97.6 Å². The van der Waals surface area contributed by atoms with Crippen LogP contribution in [0.5, 0.6) is 0 Å². The zero-order valence-electron chi connectivity index (χ0n) is 8.56. The topological polar surface area (TPSA) is 98.1 Å². The summed E-state index contributed by atoms with van der Waals surface area (Å²) in [5.41, 5.74) is 11.0. The lowest BCUT2D eigenvalue weighted by Gasteiger charge is -2.15. The molecule has 1 aromatic rings. The maximum absolute atomic E-state index is 11.7.